The van der Waals surface area contributed by atoms with Gasteiger partial charge in [-0.25, -0.2) is 0 Å². The van der Waals surface area contributed by atoms with Crippen LogP contribution in [0, 0.1) is 0 Å². The zero-order chi connectivity index (χ0) is 21.4. The second kappa shape index (κ2) is 8.36. The van der Waals surface area contributed by atoms with Crippen LogP contribution in [0.5, 0.6) is 5.75 Å². The number of hydrogen-bond donors (Lipinski definition) is 0. The van der Waals surface area contributed by atoms with Crippen LogP contribution in [-0.2, 0) is 22.5 Å². The summed E-state index contributed by atoms with van der Waals surface area (Å²) in [5.74, 6) is 0.417. The molecule has 0 fully saturated rings. The van der Waals surface area contributed by atoms with Crippen molar-refractivity contribution in [3.8, 4) is 5.75 Å². The van der Waals surface area contributed by atoms with Crippen LogP contribution in [0.1, 0.15) is 35.5 Å². The maximum Gasteiger partial charge on any atom is 0.311 e. The number of ether oxygens (including phenoxy) is 2. The van der Waals surface area contributed by atoms with Gasteiger partial charge in [0.2, 0.25) is 0 Å². The monoisotopic (exact) mass is 443 g/mol. The van der Waals surface area contributed by atoms with Crippen molar-refractivity contribution >= 4 is 46.0 Å². The zero-order valence-corrected chi connectivity index (χ0v) is 18.6. The number of thioether (sulfide) groups is 1. The fourth-order valence-electron chi connectivity index (χ4n) is 3.91. The highest BCUT2D eigenvalue weighted by Gasteiger charge is 2.35. The summed E-state index contributed by atoms with van der Waals surface area (Å²) in [6, 6.07) is 11.4. The molecule has 0 radical (unpaired) electrons. The van der Waals surface area contributed by atoms with E-state index in [2.05, 4.69) is 0 Å². The van der Waals surface area contributed by atoms with Crippen molar-refractivity contribution in [3.63, 3.8) is 0 Å². The van der Waals surface area contributed by atoms with Crippen LogP contribution in [0.25, 0.3) is 10.9 Å². The Bertz CT molecular complexity index is 1140. The van der Waals surface area contributed by atoms with E-state index in [9.17, 15) is 9.59 Å². The smallest absolute Gasteiger partial charge is 0.311 e. The van der Waals surface area contributed by atoms with E-state index in [-0.39, 0.29) is 23.4 Å². The van der Waals surface area contributed by atoms with Crippen molar-refractivity contribution in [2.75, 3.05) is 13.7 Å². The van der Waals surface area contributed by atoms with Gasteiger partial charge in [0, 0.05) is 28.2 Å². The van der Waals surface area contributed by atoms with Crippen LogP contribution in [0.4, 0.5) is 0 Å². The number of methoxy groups -OCH3 is 1. The van der Waals surface area contributed by atoms with Gasteiger partial charge in [0.15, 0.2) is 5.78 Å². The van der Waals surface area contributed by atoms with Gasteiger partial charge in [-0.1, -0.05) is 23.7 Å². The highest BCUT2D eigenvalue weighted by Crippen LogP contribution is 2.47. The first-order valence-electron chi connectivity index (χ1n) is 9.77. The molecule has 0 amide bonds. The Kier molecular flexibility index (Phi) is 5.80. The third kappa shape index (κ3) is 3.59. The maximum absolute atomic E-state index is 13.2. The van der Waals surface area contributed by atoms with Gasteiger partial charge in [-0.3, -0.25) is 9.59 Å². The molecule has 1 unspecified atom stereocenters. The van der Waals surface area contributed by atoms with Gasteiger partial charge in [0.05, 0.1) is 35.8 Å². The SMILES string of the molecule is CCOC(=O)Cc1c2c3c(c(OC)ccc3n1Cc1ccc(Cl)cc1)SC(C)C2=O. The Balaban J connectivity index is 1.96. The normalized spacial score (nSPS) is 15.5. The topological polar surface area (TPSA) is 57.5 Å². The highest BCUT2D eigenvalue weighted by molar-refractivity contribution is 8.01. The molecule has 2 heterocycles. The van der Waals surface area contributed by atoms with E-state index in [1.165, 1.54) is 11.8 Å². The quantitative estimate of drug-likeness (QED) is 0.494. The van der Waals surface area contributed by atoms with Crippen molar-refractivity contribution in [1.29, 1.82) is 0 Å². The van der Waals surface area contributed by atoms with Crippen LogP contribution in [-0.4, -0.2) is 35.3 Å². The van der Waals surface area contributed by atoms with Crippen LogP contribution in [0.2, 0.25) is 5.02 Å². The number of hydrogen-bond acceptors (Lipinski definition) is 5. The predicted octanol–water partition coefficient (Wildman–Crippen LogP) is 5.13. The number of ketones is 1. The summed E-state index contributed by atoms with van der Waals surface area (Å²) in [6.07, 6.45) is 0.0380. The van der Waals surface area contributed by atoms with Crippen LogP contribution < -0.4 is 4.74 Å². The molecule has 0 spiro atoms. The highest BCUT2D eigenvalue weighted by atomic mass is 35.5. The Morgan fingerprint density at radius 1 is 1.20 bits per heavy atom. The Morgan fingerprint density at radius 2 is 1.93 bits per heavy atom. The number of aromatic nitrogens is 1. The number of benzene rings is 2. The molecule has 1 aromatic heterocycles. The molecule has 0 bridgehead atoms. The Hall–Kier alpha value is -2.44. The number of rotatable bonds is 6. The molecule has 4 rings (SSSR count). The first-order valence-corrected chi connectivity index (χ1v) is 11.0. The molecule has 2 aromatic carbocycles. The Morgan fingerprint density at radius 3 is 2.60 bits per heavy atom. The summed E-state index contributed by atoms with van der Waals surface area (Å²) >= 11 is 7.54. The largest absolute Gasteiger partial charge is 0.496 e. The lowest BCUT2D eigenvalue weighted by atomic mass is 10.0. The summed E-state index contributed by atoms with van der Waals surface area (Å²) in [4.78, 5) is 26.6. The van der Waals surface area contributed by atoms with E-state index < -0.39 is 0 Å². The maximum atomic E-state index is 13.2. The molecular weight excluding hydrogens is 422 g/mol. The van der Waals surface area contributed by atoms with E-state index in [0.29, 0.717) is 29.4 Å². The number of Topliss-reactive ketones (excluding diaryl/α,β-unsaturated/α-hetero) is 1. The second-order valence-electron chi connectivity index (χ2n) is 7.13. The van der Waals surface area contributed by atoms with Crippen molar-refractivity contribution in [2.24, 2.45) is 0 Å². The van der Waals surface area contributed by atoms with Crippen molar-refractivity contribution in [1.82, 2.24) is 4.57 Å². The van der Waals surface area contributed by atoms with Gasteiger partial charge < -0.3 is 14.0 Å². The van der Waals surface area contributed by atoms with Crippen LogP contribution in [0.3, 0.4) is 0 Å². The van der Waals surface area contributed by atoms with Crippen LogP contribution >= 0.6 is 23.4 Å². The summed E-state index contributed by atoms with van der Waals surface area (Å²) in [6.45, 7) is 4.47. The van der Waals surface area contributed by atoms with Gasteiger partial charge in [0.1, 0.15) is 5.75 Å². The molecule has 0 N–H and O–H groups in total. The molecule has 1 aliphatic heterocycles. The minimum absolute atomic E-state index is 0.0277. The second-order valence-corrected chi connectivity index (χ2v) is 8.92. The molecule has 0 saturated heterocycles. The molecule has 5 nitrogen and oxygen atoms in total. The number of nitrogens with zero attached hydrogens (tertiary/aromatic N) is 1. The van der Waals surface area contributed by atoms with E-state index in [0.717, 1.165) is 27.1 Å². The van der Waals surface area contributed by atoms with Crippen molar-refractivity contribution < 1.29 is 19.1 Å². The fourth-order valence-corrected chi connectivity index (χ4v) is 5.20. The average molecular weight is 444 g/mol. The van der Waals surface area contributed by atoms with E-state index in [4.69, 9.17) is 21.1 Å². The van der Waals surface area contributed by atoms with Gasteiger partial charge in [-0.15, -0.1) is 11.8 Å². The predicted molar refractivity (Wildman–Crippen MR) is 119 cm³/mol. The van der Waals surface area contributed by atoms with E-state index in [1.807, 2.05) is 47.9 Å². The molecule has 0 saturated carbocycles. The molecule has 3 aromatic rings. The Labute approximate surface area is 184 Å². The van der Waals surface area contributed by atoms with Gasteiger partial charge in [-0.05, 0) is 43.7 Å². The number of halogens is 1. The number of carbonyl (C=O) groups excluding carboxylic acids is 2. The van der Waals surface area contributed by atoms with E-state index in [1.54, 1.807) is 14.0 Å². The summed E-state index contributed by atoms with van der Waals surface area (Å²) in [5.41, 5.74) is 3.22. The molecule has 1 atom stereocenters. The first-order chi connectivity index (χ1) is 14.4. The minimum Gasteiger partial charge on any atom is -0.496 e. The summed E-state index contributed by atoms with van der Waals surface area (Å²) in [5, 5.41) is 1.26. The molecule has 0 aliphatic carbocycles. The molecular formula is C23H22ClNO4S. The molecule has 156 valence electrons. The third-order valence-corrected chi connectivity index (χ3v) is 6.72. The standard InChI is InChI=1S/C23H22ClNO4S/c1-4-29-19(26)11-17-20-21-16(25(17)12-14-5-7-15(24)8-6-14)9-10-18(28-3)23(21)30-13(2)22(20)27/h5-10,13H,4,11-12H2,1-3H3. The number of carbonyl (C=O) groups is 2. The number of esters is 1. The van der Waals surface area contributed by atoms with Gasteiger partial charge in [-0.2, -0.15) is 0 Å². The zero-order valence-electron chi connectivity index (χ0n) is 17.0. The molecule has 1 aliphatic rings. The van der Waals surface area contributed by atoms with Crippen molar-refractivity contribution in [3.05, 3.63) is 58.2 Å². The average Bonchev–Trinajstić information content (AvgIpc) is 3.02. The summed E-state index contributed by atoms with van der Waals surface area (Å²) < 4.78 is 12.8. The van der Waals surface area contributed by atoms with Gasteiger partial charge >= 0.3 is 5.97 Å². The van der Waals surface area contributed by atoms with Crippen LogP contribution in [0.15, 0.2) is 41.3 Å². The van der Waals surface area contributed by atoms with Gasteiger partial charge in [0.25, 0.3) is 0 Å². The van der Waals surface area contributed by atoms with Crippen molar-refractivity contribution in [2.45, 2.75) is 37.0 Å². The lowest BCUT2D eigenvalue weighted by molar-refractivity contribution is -0.142. The lowest BCUT2D eigenvalue weighted by Crippen LogP contribution is -2.21. The van der Waals surface area contributed by atoms with E-state index >= 15 is 0 Å². The lowest BCUT2D eigenvalue weighted by Gasteiger charge is -2.20. The molecule has 30 heavy (non-hydrogen) atoms. The summed E-state index contributed by atoms with van der Waals surface area (Å²) in [7, 11) is 1.63. The minimum atomic E-state index is -0.346. The third-order valence-electron chi connectivity index (χ3n) is 5.26. The fraction of sp³-hybridized carbons (Fsp3) is 0.304. The first kappa shape index (κ1) is 20.8. The molecule has 7 heteroatoms.